The van der Waals surface area contributed by atoms with Gasteiger partial charge in [-0.05, 0) is 37.3 Å². The number of nitrogens with zero attached hydrogens (tertiary/aromatic N) is 4. The number of aryl methyl sites for hydroxylation is 2. The maximum Gasteiger partial charge on any atom is 0.243 e. The van der Waals surface area contributed by atoms with Gasteiger partial charge in [0.15, 0.2) is 0 Å². The van der Waals surface area contributed by atoms with Crippen molar-refractivity contribution in [1.82, 2.24) is 18.8 Å². The van der Waals surface area contributed by atoms with Gasteiger partial charge in [-0.25, -0.2) is 13.4 Å². The monoisotopic (exact) mass is 493 g/mol. The lowest BCUT2D eigenvalue weighted by Gasteiger charge is -2.26. The van der Waals surface area contributed by atoms with Gasteiger partial charge >= 0.3 is 0 Å². The number of sulfonamides is 1. The Morgan fingerprint density at radius 2 is 1.91 bits per heavy atom. The summed E-state index contributed by atoms with van der Waals surface area (Å²) in [4.78, 5) is 22.0. The molecule has 3 heterocycles. The lowest BCUT2D eigenvalue weighted by molar-refractivity contribution is -0.116. The van der Waals surface area contributed by atoms with Gasteiger partial charge in [0.05, 0.1) is 40.3 Å². The van der Waals surface area contributed by atoms with Crippen molar-refractivity contribution < 1.29 is 17.9 Å². The molecule has 0 radical (unpaired) electrons. The third kappa shape index (κ3) is 4.64. The highest BCUT2D eigenvalue weighted by Crippen LogP contribution is 2.25. The van der Waals surface area contributed by atoms with Crippen LogP contribution >= 0.6 is 0 Å². The van der Waals surface area contributed by atoms with Crippen LogP contribution in [-0.2, 0) is 32.5 Å². The quantitative estimate of drug-likeness (QED) is 0.424. The first-order valence-corrected chi connectivity index (χ1v) is 13.1. The molecule has 0 spiro atoms. The summed E-state index contributed by atoms with van der Waals surface area (Å²) in [6.45, 7) is 4.15. The van der Waals surface area contributed by atoms with Crippen LogP contribution in [0.15, 0.2) is 59.6 Å². The number of fused-ring (bicyclic) bond motifs is 2. The predicted octanol–water partition coefficient (Wildman–Crippen LogP) is 3.20. The Hall–Kier alpha value is -3.34. The molecular weight excluding hydrogens is 466 g/mol. The second-order valence-electron chi connectivity index (χ2n) is 8.37. The number of morpholine rings is 1. The van der Waals surface area contributed by atoms with Crippen LogP contribution in [0.3, 0.4) is 0 Å². The normalized spacial score (nSPS) is 15.0. The molecule has 2 aromatic carbocycles. The predicted molar refractivity (Wildman–Crippen MR) is 134 cm³/mol. The smallest absolute Gasteiger partial charge is 0.243 e. The Morgan fingerprint density at radius 3 is 2.71 bits per heavy atom. The number of aromatic nitrogens is 3. The SMILES string of the molecule is CCn1c(CCC(=O)Nc2cccc3cccnc23)nc2cc(S(=O)(=O)N3CCOCC3)ccc21. The van der Waals surface area contributed by atoms with E-state index >= 15 is 0 Å². The minimum atomic E-state index is -3.61. The van der Waals surface area contributed by atoms with E-state index in [4.69, 9.17) is 9.72 Å². The summed E-state index contributed by atoms with van der Waals surface area (Å²) in [6.07, 6.45) is 2.37. The molecule has 10 heteroatoms. The number of hydrogen-bond donors (Lipinski definition) is 1. The summed E-state index contributed by atoms with van der Waals surface area (Å²) in [5, 5.41) is 3.92. The van der Waals surface area contributed by atoms with Crippen LogP contribution < -0.4 is 5.32 Å². The number of amides is 1. The van der Waals surface area contributed by atoms with Gasteiger partial charge in [0, 0.05) is 44.1 Å². The van der Waals surface area contributed by atoms with Gasteiger partial charge in [0.2, 0.25) is 15.9 Å². The van der Waals surface area contributed by atoms with Crippen LogP contribution in [-0.4, -0.2) is 59.5 Å². The lowest BCUT2D eigenvalue weighted by atomic mass is 10.2. The first-order chi connectivity index (χ1) is 17.0. The number of anilines is 1. The zero-order valence-corrected chi connectivity index (χ0v) is 20.3. The topological polar surface area (TPSA) is 106 Å². The maximum absolute atomic E-state index is 13.1. The van der Waals surface area contributed by atoms with E-state index in [2.05, 4.69) is 10.3 Å². The summed E-state index contributed by atoms with van der Waals surface area (Å²) in [6, 6.07) is 14.5. The summed E-state index contributed by atoms with van der Waals surface area (Å²) in [7, 11) is -3.61. The van der Waals surface area contributed by atoms with Gasteiger partial charge in [0.1, 0.15) is 5.82 Å². The molecule has 5 rings (SSSR count). The van der Waals surface area contributed by atoms with Gasteiger partial charge in [0.25, 0.3) is 0 Å². The lowest BCUT2D eigenvalue weighted by Crippen LogP contribution is -2.40. The second-order valence-corrected chi connectivity index (χ2v) is 10.3. The largest absolute Gasteiger partial charge is 0.379 e. The Bertz CT molecular complexity index is 1490. The molecule has 0 saturated carbocycles. The molecule has 2 aromatic heterocycles. The first-order valence-electron chi connectivity index (χ1n) is 11.7. The van der Waals surface area contributed by atoms with Crippen LogP contribution in [0.5, 0.6) is 0 Å². The third-order valence-corrected chi connectivity index (χ3v) is 8.10. The number of pyridine rings is 1. The van der Waals surface area contributed by atoms with E-state index < -0.39 is 10.0 Å². The van der Waals surface area contributed by atoms with E-state index in [1.54, 1.807) is 24.4 Å². The number of nitrogens with one attached hydrogen (secondary N) is 1. The molecule has 0 bridgehead atoms. The first kappa shape index (κ1) is 23.4. The van der Waals surface area contributed by atoms with Crippen molar-refractivity contribution in [3.05, 3.63) is 60.6 Å². The van der Waals surface area contributed by atoms with Crippen molar-refractivity contribution in [3.8, 4) is 0 Å². The zero-order chi connectivity index (χ0) is 24.4. The minimum absolute atomic E-state index is 0.131. The molecule has 9 nitrogen and oxygen atoms in total. The van der Waals surface area contributed by atoms with E-state index in [1.165, 1.54) is 4.31 Å². The minimum Gasteiger partial charge on any atom is -0.379 e. The number of ether oxygens (including phenoxy) is 1. The molecule has 0 atom stereocenters. The zero-order valence-electron chi connectivity index (χ0n) is 19.5. The fourth-order valence-electron chi connectivity index (χ4n) is 4.44. The number of hydrogen-bond acceptors (Lipinski definition) is 6. The number of carbonyl (C=O) groups is 1. The summed E-state index contributed by atoms with van der Waals surface area (Å²) in [5.41, 5.74) is 2.88. The average Bonchev–Trinajstić information content (AvgIpc) is 3.25. The number of benzene rings is 2. The molecule has 182 valence electrons. The van der Waals surface area contributed by atoms with Crippen molar-refractivity contribution in [2.75, 3.05) is 31.6 Å². The molecule has 1 aliphatic heterocycles. The highest BCUT2D eigenvalue weighted by Gasteiger charge is 2.27. The van der Waals surface area contributed by atoms with Gasteiger partial charge in [-0.3, -0.25) is 9.78 Å². The molecule has 0 aliphatic carbocycles. The average molecular weight is 494 g/mol. The summed E-state index contributed by atoms with van der Waals surface area (Å²) >= 11 is 0. The number of carbonyl (C=O) groups excluding carboxylic acids is 1. The number of rotatable bonds is 7. The second kappa shape index (κ2) is 9.73. The van der Waals surface area contributed by atoms with Crippen LogP contribution in [0.25, 0.3) is 21.9 Å². The van der Waals surface area contributed by atoms with Crippen molar-refractivity contribution in [2.24, 2.45) is 0 Å². The molecule has 35 heavy (non-hydrogen) atoms. The fraction of sp³-hybridized carbons (Fsp3) is 0.320. The van der Waals surface area contributed by atoms with Crippen molar-refractivity contribution in [1.29, 1.82) is 0 Å². The Morgan fingerprint density at radius 1 is 1.11 bits per heavy atom. The van der Waals surface area contributed by atoms with Crippen LogP contribution in [0, 0.1) is 0 Å². The highest BCUT2D eigenvalue weighted by molar-refractivity contribution is 7.89. The van der Waals surface area contributed by atoms with E-state index in [1.807, 2.05) is 41.8 Å². The molecule has 1 aliphatic rings. The third-order valence-electron chi connectivity index (χ3n) is 6.21. The van der Waals surface area contributed by atoms with Crippen LogP contribution in [0.4, 0.5) is 5.69 Å². The molecule has 1 saturated heterocycles. The van der Waals surface area contributed by atoms with Gasteiger partial charge in [-0.1, -0.05) is 18.2 Å². The maximum atomic E-state index is 13.1. The summed E-state index contributed by atoms with van der Waals surface area (Å²) < 4.78 is 34.9. The van der Waals surface area contributed by atoms with Crippen LogP contribution in [0.2, 0.25) is 0 Å². The van der Waals surface area contributed by atoms with E-state index in [0.29, 0.717) is 50.5 Å². The van der Waals surface area contributed by atoms with Gasteiger partial charge < -0.3 is 14.6 Å². The van der Waals surface area contributed by atoms with Crippen molar-refractivity contribution in [2.45, 2.75) is 31.2 Å². The molecule has 1 N–H and O–H groups in total. The van der Waals surface area contributed by atoms with Crippen LogP contribution in [0.1, 0.15) is 19.2 Å². The molecule has 4 aromatic rings. The number of imidazole rings is 1. The molecule has 1 fully saturated rings. The molecule has 1 amide bonds. The molecule has 0 unspecified atom stereocenters. The van der Waals surface area contributed by atoms with Gasteiger partial charge in [-0.15, -0.1) is 0 Å². The summed E-state index contributed by atoms with van der Waals surface area (Å²) in [5.74, 6) is 0.614. The van der Waals surface area contributed by atoms with Crippen molar-refractivity contribution in [3.63, 3.8) is 0 Å². The van der Waals surface area contributed by atoms with E-state index in [9.17, 15) is 13.2 Å². The fourth-order valence-corrected chi connectivity index (χ4v) is 5.87. The van der Waals surface area contributed by atoms with Crippen molar-refractivity contribution >= 4 is 43.6 Å². The highest BCUT2D eigenvalue weighted by atomic mass is 32.2. The van der Waals surface area contributed by atoms with E-state index in [0.717, 1.165) is 22.2 Å². The van der Waals surface area contributed by atoms with E-state index in [-0.39, 0.29) is 17.2 Å². The Labute approximate surface area is 203 Å². The van der Waals surface area contributed by atoms with Gasteiger partial charge in [-0.2, -0.15) is 4.31 Å². The standard InChI is InChI=1S/C25H27N5O4S/c1-2-30-22-9-8-19(35(32,33)29-13-15-34-16-14-29)17-21(22)27-23(30)10-11-24(31)28-20-7-3-5-18-6-4-12-26-25(18)20/h3-9,12,17H,2,10-11,13-16H2,1H3,(H,28,31). The Balaban J connectivity index is 1.35. The number of para-hydroxylation sites is 1. The Kier molecular flexibility index (Phi) is 6.50. The molecular formula is C25H27N5O4S.